The van der Waals surface area contributed by atoms with Gasteiger partial charge in [-0.15, -0.1) is 0 Å². The summed E-state index contributed by atoms with van der Waals surface area (Å²) in [5.41, 5.74) is 7.54. The van der Waals surface area contributed by atoms with Gasteiger partial charge in [0.05, 0.1) is 13.7 Å². The Kier molecular flexibility index (Phi) is 8.87. The molecule has 2 aromatic rings. The second-order valence-corrected chi connectivity index (χ2v) is 9.11. The highest BCUT2D eigenvalue weighted by molar-refractivity contribution is 6.30. The molecule has 0 radical (unpaired) electrons. The number of rotatable bonds is 8. The van der Waals surface area contributed by atoms with E-state index in [0.717, 1.165) is 10.5 Å². The third kappa shape index (κ3) is 6.82. The lowest BCUT2D eigenvalue weighted by atomic mass is 9.93. The van der Waals surface area contributed by atoms with Crippen LogP contribution in [-0.4, -0.2) is 42.1 Å². The van der Waals surface area contributed by atoms with Gasteiger partial charge in [0.15, 0.2) is 5.78 Å². The smallest absolute Gasteiger partial charge is 0.233 e. The van der Waals surface area contributed by atoms with E-state index in [1.807, 2.05) is 0 Å². The number of anilines is 2. The lowest BCUT2D eigenvalue weighted by molar-refractivity contribution is -0.149. The van der Waals surface area contributed by atoms with Gasteiger partial charge in [-0.25, -0.2) is 0 Å². The highest BCUT2D eigenvalue weighted by atomic mass is 35.5. The maximum absolute atomic E-state index is 13.4. The summed E-state index contributed by atoms with van der Waals surface area (Å²) < 4.78 is 5.38. The molecule has 1 aliphatic heterocycles. The van der Waals surface area contributed by atoms with Crippen LogP contribution >= 0.6 is 11.6 Å². The van der Waals surface area contributed by atoms with Gasteiger partial charge in [-0.3, -0.25) is 24.1 Å². The van der Waals surface area contributed by atoms with Crippen LogP contribution in [0.25, 0.3) is 0 Å². The Morgan fingerprint density at radius 2 is 1.91 bits per heavy atom. The molecule has 35 heavy (non-hydrogen) atoms. The first kappa shape index (κ1) is 26.2. The van der Waals surface area contributed by atoms with E-state index in [4.69, 9.17) is 22.1 Å². The number of halogens is 1. The van der Waals surface area contributed by atoms with Crippen molar-refractivity contribution in [2.45, 2.75) is 39.0 Å². The van der Waals surface area contributed by atoms with Gasteiger partial charge in [-0.2, -0.15) is 0 Å². The fourth-order valence-corrected chi connectivity index (χ4v) is 4.33. The quantitative estimate of drug-likeness (QED) is 0.532. The van der Waals surface area contributed by atoms with Crippen LogP contribution in [-0.2, 0) is 25.6 Å². The van der Waals surface area contributed by atoms with Gasteiger partial charge >= 0.3 is 0 Å². The topological polar surface area (TPSA) is 119 Å². The number of hydrogen-bond acceptors (Lipinski definition) is 6. The number of likely N-dealkylation sites (tertiary alicyclic amines) is 1. The number of imide groups is 1. The Labute approximate surface area is 209 Å². The van der Waals surface area contributed by atoms with E-state index < -0.39 is 23.7 Å². The minimum Gasteiger partial charge on any atom is -0.496 e. The van der Waals surface area contributed by atoms with Crippen molar-refractivity contribution < 1.29 is 23.9 Å². The van der Waals surface area contributed by atoms with E-state index >= 15 is 0 Å². The van der Waals surface area contributed by atoms with Crippen molar-refractivity contribution in [1.82, 2.24) is 4.90 Å². The molecule has 2 atom stereocenters. The first-order chi connectivity index (χ1) is 16.7. The SMILES string of the molecule is CC[C@@H](CC(=O)N1CC(=O)CCC(Cc2cc(Cl)ccc2OC)C1=O)C(=O)Nc1ccc(N)cc1. The molecule has 9 heteroatoms. The van der Waals surface area contributed by atoms with Crippen molar-refractivity contribution in [2.75, 3.05) is 24.7 Å². The van der Waals surface area contributed by atoms with Crippen molar-refractivity contribution in [1.29, 1.82) is 0 Å². The molecule has 1 fully saturated rings. The van der Waals surface area contributed by atoms with Crippen LogP contribution in [0.3, 0.4) is 0 Å². The lowest BCUT2D eigenvalue weighted by Crippen LogP contribution is -2.43. The molecule has 1 saturated heterocycles. The standard InChI is InChI=1S/C26H30ClN3O5/c1-3-16(25(33)29-21-8-6-20(28)7-9-21)14-24(32)30-15-22(31)10-4-17(26(30)34)12-18-13-19(27)5-11-23(18)35-2/h5-9,11,13,16-17H,3-4,10,12,14-15,28H2,1-2H3,(H,29,33)/t16-,17?/m0/s1. The van der Waals surface area contributed by atoms with Crippen molar-refractivity contribution in [3.05, 3.63) is 53.1 Å². The number of carbonyl (C=O) groups excluding carboxylic acids is 4. The average Bonchev–Trinajstić information content (AvgIpc) is 2.97. The average molecular weight is 500 g/mol. The van der Waals surface area contributed by atoms with Crippen molar-refractivity contribution in [3.63, 3.8) is 0 Å². The van der Waals surface area contributed by atoms with Crippen molar-refractivity contribution in [3.8, 4) is 5.75 Å². The first-order valence-electron chi connectivity index (χ1n) is 11.6. The largest absolute Gasteiger partial charge is 0.496 e. The highest BCUT2D eigenvalue weighted by Gasteiger charge is 2.35. The molecular weight excluding hydrogens is 470 g/mol. The van der Waals surface area contributed by atoms with E-state index in [-0.39, 0.29) is 37.5 Å². The summed E-state index contributed by atoms with van der Waals surface area (Å²) in [4.78, 5) is 52.7. The number of nitrogens with two attached hydrogens (primary N) is 1. The van der Waals surface area contributed by atoms with Gasteiger partial charge in [0.25, 0.3) is 0 Å². The zero-order chi connectivity index (χ0) is 25.5. The molecule has 0 aliphatic carbocycles. The van der Waals surface area contributed by atoms with Crippen molar-refractivity contribution >= 4 is 46.5 Å². The van der Waals surface area contributed by atoms with Crippen LogP contribution in [0, 0.1) is 11.8 Å². The summed E-state index contributed by atoms with van der Waals surface area (Å²) in [6.45, 7) is 1.51. The third-order valence-corrected chi connectivity index (χ3v) is 6.43. The van der Waals surface area contributed by atoms with Gasteiger partial charge in [0.2, 0.25) is 17.7 Å². The molecule has 1 heterocycles. The van der Waals surface area contributed by atoms with Crippen molar-refractivity contribution in [2.24, 2.45) is 11.8 Å². The molecular formula is C26H30ClN3O5. The van der Waals surface area contributed by atoms with E-state index in [1.165, 1.54) is 7.11 Å². The summed E-state index contributed by atoms with van der Waals surface area (Å²) in [5.74, 6) is -2.13. The van der Waals surface area contributed by atoms with E-state index in [2.05, 4.69) is 5.32 Å². The number of nitrogens with zero attached hydrogens (tertiary/aromatic N) is 1. The summed E-state index contributed by atoms with van der Waals surface area (Å²) in [5, 5.41) is 3.28. The Balaban J connectivity index is 1.73. The van der Waals surface area contributed by atoms with E-state index in [1.54, 1.807) is 49.4 Å². The second kappa shape index (κ2) is 11.8. The first-order valence-corrected chi connectivity index (χ1v) is 11.9. The van der Waals surface area contributed by atoms with Gasteiger partial charge in [0.1, 0.15) is 5.75 Å². The van der Waals surface area contributed by atoms with Crippen LogP contribution < -0.4 is 15.8 Å². The fourth-order valence-electron chi connectivity index (χ4n) is 4.14. The van der Waals surface area contributed by atoms with Gasteiger partial charge in [-0.1, -0.05) is 18.5 Å². The van der Waals surface area contributed by atoms with Gasteiger partial charge < -0.3 is 15.8 Å². The predicted molar refractivity (Wildman–Crippen MR) is 134 cm³/mol. The predicted octanol–water partition coefficient (Wildman–Crippen LogP) is 3.86. The minimum atomic E-state index is -0.655. The van der Waals surface area contributed by atoms with E-state index in [0.29, 0.717) is 35.0 Å². The van der Waals surface area contributed by atoms with Crippen LogP contribution in [0.4, 0.5) is 11.4 Å². The number of nitrogens with one attached hydrogen (secondary N) is 1. The van der Waals surface area contributed by atoms with Crippen LogP contribution in [0.5, 0.6) is 5.75 Å². The Hall–Kier alpha value is -3.39. The monoisotopic (exact) mass is 499 g/mol. The van der Waals surface area contributed by atoms with Crippen LogP contribution in [0.1, 0.15) is 38.2 Å². The lowest BCUT2D eigenvalue weighted by Gasteiger charge is -2.24. The summed E-state index contributed by atoms with van der Waals surface area (Å²) in [7, 11) is 1.53. The molecule has 3 rings (SSSR count). The Morgan fingerprint density at radius 3 is 2.57 bits per heavy atom. The zero-order valence-electron chi connectivity index (χ0n) is 19.9. The summed E-state index contributed by atoms with van der Waals surface area (Å²) >= 11 is 6.13. The molecule has 0 aromatic heterocycles. The van der Waals surface area contributed by atoms with Gasteiger partial charge in [-0.05, 0) is 67.3 Å². The number of amides is 3. The van der Waals surface area contributed by atoms with E-state index in [9.17, 15) is 19.2 Å². The second-order valence-electron chi connectivity index (χ2n) is 8.67. The zero-order valence-corrected chi connectivity index (χ0v) is 20.6. The molecule has 2 aromatic carbocycles. The molecule has 0 bridgehead atoms. The molecule has 3 N–H and O–H groups in total. The highest BCUT2D eigenvalue weighted by Crippen LogP contribution is 2.29. The molecule has 8 nitrogen and oxygen atoms in total. The number of methoxy groups -OCH3 is 1. The third-order valence-electron chi connectivity index (χ3n) is 6.19. The fraction of sp³-hybridized carbons (Fsp3) is 0.385. The summed E-state index contributed by atoms with van der Waals surface area (Å²) in [6.07, 6.45) is 1.02. The Bertz CT molecular complexity index is 1100. The molecule has 1 unspecified atom stereocenters. The normalized spacial score (nSPS) is 17.0. The molecule has 1 aliphatic rings. The minimum absolute atomic E-state index is 0.177. The molecule has 0 saturated carbocycles. The molecule has 0 spiro atoms. The number of benzene rings is 2. The number of hydrogen-bond donors (Lipinski definition) is 2. The number of ether oxygens (including phenoxy) is 1. The number of nitrogen functional groups attached to an aromatic ring is 1. The van der Waals surface area contributed by atoms with Gasteiger partial charge in [0, 0.05) is 41.1 Å². The maximum atomic E-state index is 13.4. The Morgan fingerprint density at radius 1 is 1.20 bits per heavy atom. The van der Waals surface area contributed by atoms with Crippen LogP contribution in [0.2, 0.25) is 5.02 Å². The van der Waals surface area contributed by atoms with Crippen LogP contribution in [0.15, 0.2) is 42.5 Å². The molecule has 3 amide bonds. The maximum Gasteiger partial charge on any atom is 0.233 e. The number of Topliss-reactive ketones (excluding diaryl/α,β-unsaturated/α-hetero) is 1. The summed E-state index contributed by atoms with van der Waals surface area (Å²) in [6, 6.07) is 11.8. The number of carbonyl (C=O) groups is 4. The number of ketones is 1. The molecule has 186 valence electrons.